The third-order valence-corrected chi connectivity index (χ3v) is 6.67. The molecule has 0 aliphatic rings. The van der Waals surface area contributed by atoms with Crippen LogP contribution < -0.4 is 11.1 Å². The number of hydrogen-bond donors (Lipinski definition) is 2. The fraction of sp³-hybridized carbons (Fsp3) is 0.160. The fourth-order valence-electron chi connectivity index (χ4n) is 3.77. The van der Waals surface area contributed by atoms with E-state index < -0.39 is 5.91 Å². The number of pyridine rings is 1. The maximum atomic E-state index is 13.5. The fourth-order valence-corrected chi connectivity index (χ4v) is 4.83. The minimum atomic E-state index is -0.547. The third-order valence-electron chi connectivity index (χ3n) is 5.55. The summed E-state index contributed by atoms with van der Waals surface area (Å²) in [7, 11) is 0. The van der Waals surface area contributed by atoms with Crippen molar-refractivity contribution in [3.05, 3.63) is 81.2 Å². The van der Waals surface area contributed by atoms with Crippen molar-refractivity contribution in [2.24, 2.45) is 5.73 Å². The number of aryl methyl sites for hydroxylation is 2. The minimum absolute atomic E-state index is 0.284. The number of carbonyl (C=O) groups is 2. The van der Waals surface area contributed by atoms with Crippen molar-refractivity contribution >= 4 is 39.1 Å². The highest BCUT2D eigenvalue weighted by Crippen LogP contribution is 2.34. The number of para-hydroxylation sites is 1. The van der Waals surface area contributed by atoms with Crippen molar-refractivity contribution in [1.29, 1.82) is 0 Å². The summed E-state index contributed by atoms with van der Waals surface area (Å²) in [4.78, 5) is 31.3. The van der Waals surface area contributed by atoms with Crippen LogP contribution in [0.3, 0.4) is 0 Å². The Kier molecular flexibility index (Phi) is 5.33. The van der Waals surface area contributed by atoms with E-state index in [0.29, 0.717) is 16.1 Å². The summed E-state index contributed by atoms with van der Waals surface area (Å²) < 4.78 is 0. The molecule has 0 aliphatic carbocycles. The van der Waals surface area contributed by atoms with Gasteiger partial charge >= 0.3 is 0 Å². The number of primary amides is 1. The summed E-state index contributed by atoms with van der Waals surface area (Å²) in [6.45, 7) is 7.68. The Morgan fingerprint density at radius 1 is 0.903 bits per heavy atom. The molecule has 156 valence electrons. The number of thiophene rings is 1. The maximum absolute atomic E-state index is 13.5. The van der Waals surface area contributed by atoms with E-state index in [1.807, 2.05) is 76.2 Å². The highest BCUT2D eigenvalue weighted by Gasteiger charge is 2.23. The summed E-state index contributed by atoms with van der Waals surface area (Å²) in [6, 6.07) is 15.7. The van der Waals surface area contributed by atoms with Gasteiger partial charge in [-0.15, -0.1) is 11.3 Å². The summed E-state index contributed by atoms with van der Waals surface area (Å²) in [5.41, 5.74) is 11.7. The Labute approximate surface area is 184 Å². The zero-order valence-corrected chi connectivity index (χ0v) is 18.7. The van der Waals surface area contributed by atoms with E-state index >= 15 is 0 Å². The van der Waals surface area contributed by atoms with Gasteiger partial charge in [-0.1, -0.05) is 48.0 Å². The van der Waals surface area contributed by atoms with Crippen LogP contribution in [0.25, 0.3) is 22.2 Å². The van der Waals surface area contributed by atoms with Gasteiger partial charge in [0.25, 0.3) is 11.8 Å². The second kappa shape index (κ2) is 7.96. The van der Waals surface area contributed by atoms with Crippen molar-refractivity contribution in [3.8, 4) is 11.3 Å². The van der Waals surface area contributed by atoms with Crippen LogP contribution in [-0.2, 0) is 0 Å². The molecule has 0 fully saturated rings. The Morgan fingerprint density at radius 3 is 2.26 bits per heavy atom. The number of anilines is 1. The lowest BCUT2D eigenvalue weighted by molar-refractivity contribution is 0.100. The zero-order chi connectivity index (χ0) is 22.3. The van der Waals surface area contributed by atoms with Gasteiger partial charge in [0.15, 0.2) is 0 Å². The van der Waals surface area contributed by atoms with Crippen LogP contribution in [0.5, 0.6) is 0 Å². The second-order valence-electron chi connectivity index (χ2n) is 7.65. The topological polar surface area (TPSA) is 85.1 Å². The third kappa shape index (κ3) is 3.70. The summed E-state index contributed by atoms with van der Waals surface area (Å²) in [6.07, 6.45) is 0. The molecule has 6 heteroatoms. The second-order valence-corrected chi connectivity index (χ2v) is 8.87. The summed E-state index contributed by atoms with van der Waals surface area (Å²) >= 11 is 1.36. The quantitative estimate of drug-likeness (QED) is 0.446. The molecule has 4 aromatic rings. The van der Waals surface area contributed by atoms with Gasteiger partial charge in [-0.3, -0.25) is 9.59 Å². The van der Waals surface area contributed by atoms with Crippen molar-refractivity contribution in [1.82, 2.24) is 4.98 Å². The number of nitrogens with one attached hydrogen (secondary N) is 1. The molecule has 0 atom stereocenters. The van der Waals surface area contributed by atoms with E-state index in [1.54, 1.807) is 0 Å². The van der Waals surface area contributed by atoms with Gasteiger partial charge < -0.3 is 11.1 Å². The largest absolute Gasteiger partial charge is 0.365 e. The molecule has 2 heterocycles. The van der Waals surface area contributed by atoms with E-state index in [4.69, 9.17) is 10.7 Å². The van der Waals surface area contributed by atoms with E-state index in [0.717, 1.165) is 43.7 Å². The smallest absolute Gasteiger partial charge is 0.257 e. The first-order valence-corrected chi connectivity index (χ1v) is 10.8. The molecular formula is C25H23N3O2S. The van der Waals surface area contributed by atoms with E-state index in [2.05, 4.69) is 5.32 Å². The van der Waals surface area contributed by atoms with E-state index in [1.165, 1.54) is 11.3 Å². The average molecular weight is 430 g/mol. The molecule has 0 saturated heterocycles. The Hall–Kier alpha value is -3.51. The molecule has 2 aromatic carbocycles. The number of carbonyl (C=O) groups excluding carboxylic acids is 2. The van der Waals surface area contributed by atoms with Gasteiger partial charge in [-0.05, 0) is 44.9 Å². The van der Waals surface area contributed by atoms with E-state index in [9.17, 15) is 9.59 Å². The van der Waals surface area contributed by atoms with Crippen LogP contribution in [0.2, 0.25) is 0 Å². The molecule has 0 unspecified atom stereocenters. The first-order valence-electron chi connectivity index (χ1n) is 9.95. The van der Waals surface area contributed by atoms with Crippen molar-refractivity contribution in [2.45, 2.75) is 27.7 Å². The van der Waals surface area contributed by atoms with E-state index in [-0.39, 0.29) is 5.91 Å². The van der Waals surface area contributed by atoms with Crippen LogP contribution in [0.15, 0.2) is 48.5 Å². The van der Waals surface area contributed by atoms with Crippen molar-refractivity contribution in [2.75, 3.05) is 5.32 Å². The van der Waals surface area contributed by atoms with Crippen LogP contribution in [-0.4, -0.2) is 16.8 Å². The molecule has 5 nitrogen and oxygen atoms in total. The predicted octanol–water partition coefficient (Wildman–Crippen LogP) is 5.55. The number of aromatic nitrogens is 1. The number of amides is 2. The summed E-state index contributed by atoms with van der Waals surface area (Å²) in [5, 5.41) is 4.18. The molecule has 0 spiro atoms. The van der Waals surface area contributed by atoms with Gasteiger partial charge in [-0.25, -0.2) is 4.98 Å². The molecular weight excluding hydrogens is 406 g/mol. The van der Waals surface area contributed by atoms with Gasteiger partial charge in [0.1, 0.15) is 5.00 Å². The van der Waals surface area contributed by atoms with Crippen LogP contribution in [0.1, 0.15) is 42.3 Å². The first kappa shape index (κ1) is 20.8. The Morgan fingerprint density at radius 2 is 1.58 bits per heavy atom. The molecule has 0 saturated carbocycles. The van der Waals surface area contributed by atoms with Gasteiger partial charge in [0.2, 0.25) is 0 Å². The minimum Gasteiger partial charge on any atom is -0.365 e. The number of benzene rings is 2. The highest BCUT2D eigenvalue weighted by atomic mass is 32.1. The number of hydrogen-bond acceptors (Lipinski definition) is 4. The lowest BCUT2D eigenvalue weighted by atomic mass is 9.96. The molecule has 0 aliphatic heterocycles. The lowest BCUT2D eigenvalue weighted by Crippen LogP contribution is -2.19. The van der Waals surface area contributed by atoms with Crippen LogP contribution in [0.4, 0.5) is 5.00 Å². The maximum Gasteiger partial charge on any atom is 0.257 e. The normalized spacial score (nSPS) is 11.0. The average Bonchev–Trinajstić information content (AvgIpc) is 3.01. The van der Waals surface area contributed by atoms with Gasteiger partial charge in [0.05, 0.1) is 22.3 Å². The standard InChI is InChI=1S/C25H23N3O2S/c1-13-9-11-17(12-10-13)22-15(3)20(18-7-5-6-8-19(18)27-22)24(30)28-25-21(23(26)29)14(2)16(4)31-25/h5-12H,1-4H3,(H2,26,29)(H,28,30). The molecule has 4 rings (SSSR count). The Balaban J connectivity index is 1.88. The molecule has 31 heavy (non-hydrogen) atoms. The number of rotatable bonds is 4. The molecule has 0 radical (unpaired) electrons. The van der Waals surface area contributed by atoms with Gasteiger partial charge in [0, 0.05) is 15.8 Å². The summed E-state index contributed by atoms with van der Waals surface area (Å²) in [5.74, 6) is -0.831. The Bertz CT molecular complexity index is 1340. The predicted molar refractivity (Wildman–Crippen MR) is 127 cm³/mol. The lowest BCUT2D eigenvalue weighted by Gasteiger charge is -2.15. The zero-order valence-electron chi connectivity index (χ0n) is 17.9. The SMILES string of the molecule is Cc1ccc(-c2nc3ccccc3c(C(=O)Nc3sc(C)c(C)c3C(N)=O)c2C)cc1. The molecule has 3 N–H and O–H groups in total. The highest BCUT2D eigenvalue weighted by molar-refractivity contribution is 7.16. The van der Waals surface area contributed by atoms with Gasteiger partial charge in [-0.2, -0.15) is 0 Å². The van der Waals surface area contributed by atoms with Crippen molar-refractivity contribution < 1.29 is 9.59 Å². The molecule has 2 amide bonds. The first-order chi connectivity index (χ1) is 14.8. The monoisotopic (exact) mass is 429 g/mol. The van der Waals surface area contributed by atoms with Crippen molar-refractivity contribution in [3.63, 3.8) is 0 Å². The van der Waals surface area contributed by atoms with Crippen LogP contribution in [0, 0.1) is 27.7 Å². The number of nitrogens with two attached hydrogens (primary N) is 1. The van der Waals surface area contributed by atoms with Crippen LogP contribution >= 0.6 is 11.3 Å². The number of nitrogens with zero attached hydrogens (tertiary/aromatic N) is 1. The molecule has 0 bridgehead atoms. The molecule has 2 aromatic heterocycles. The number of fused-ring (bicyclic) bond motifs is 1.